The van der Waals surface area contributed by atoms with Crippen LogP contribution in [0.5, 0.6) is 5.75 Å². The first kappa shape index (κ1) is 22.3. The van der Waals surface area contributed by atoms with E-state index in [0.717, 1.165) is 46.6 Å². The van der Waals surface area contributed by atoms with E-state index in [1.807, 2.05) is 79.4 Å². The molecule has 1 aliphatic heterocycles. The summed E-state index contributed by atoms with van der Waals surface area (Å²) in [5.74, 6) is 1.27. The minimum atomic E-state index is -0.0229. The molecule has 3 aromatic carbocycles. The molecule has 1 amide bonds. The highest BCUT2D eigenvalue weighted by atomic mass is 35.5. The average Bonchev–Trinajstić information content (AvgIpc) is 3.18. The molecular formula is C27H26ClN3O3. The van der Waals surface area contributed by atoms with E-state index in [0.29, 0.717) is 36.0 Å². The monoisotopic (exact) mass is 475 g/mol. The number of piperazine rings is 1. The van der Waals surface area contributed by atoms with Gasteiger partial charge in [0.25, 0.3) is 5.91 Å². The standard InChI is InChI=1S/C27H26ClN3O3/c1-18-25(19(2)34-29-18)17-33-26-15-21-7-4-3-6-20(21)14-24(26)27(32)31-12-10-30(11-13-31)23-9-5-8-22(28)16-23/h3-9,14-16H,10-13,17H2,1-2H3. The molecule has 4 aromatic rings. The summed E-state index contributed by atoms with van der Waals surface area (Å²) in [6.45, 7) is 6.79. The van der Waals surface area contributed by atoms with Gasteiger partial charge in [0.2, 0.25) is 0 Å². The highest BCUT2D eigenvalue weighted by Gasteiger charge is 2.25. The highest BCUT2D eigenvalue weighted by Crippen LogP contribution is 2.30. The molecule has 0 bridgehead atoms. The van der Waals surface area contributed by atoms with E-state index in [1.165, 1.54) is 0 Å². The Morgan fingerprint density at radius 1 is 1.00 bits per heavy atom. The molecule has 0 N–H and O–H groups in total. The third kappa shape index (κ3) is 4.46. The lowest BCUT2D eigenvalue weighted by Gasteiger charge is -2.36. The third-order valence-corrected chi connectivity index (χ3v) is 6.61. The Morgan fingerprint density at radius 2 is 1.74 bits per heavy atom. The number of hydrogen-bond donors (Lipinski definition) is 0. The van der Waals surface area contributed by atoms with Crippen molar-refractivity contribution >= 4 is 34.0 Å². The van der Waals surface area contributed by atoms with Crippen molar-refractivity contribution in [2.75, 3.05) is 31.1 Å². The summed E-state index contributed by atoms with van der Waals surface area (Å²) < 4.78 is 11.5. The molecule has 2 heterocycles. The number of aromatic nitrogens is 1. The molecule has 7 heteroatoms. The van der Waals surface area contributed by atoms with E-state index in [9.17, 15) is 4.79 Å². The molecule has 0 spiro atoms. The second-order valence-corrected chi connectivity index (χ2v) is 8.98. The van der Waals surface area contributed by atoms with Crippen LogP contribution in [0.4, 0.5) is 5.69 Å². The fourth-order valence-corrected chi connectivity index (χ4v) is 4.56. The summed E-state index contributed by atoms with van der Waals surface area (Å²) in [4.78, 5) is 17.8. The summed E-state index contributed by atoms with van der Waals surface area (Å²) in [5, 5.41) is 6.75. The molecule has 6 nitrogen and oxygen atoms in total. The summed E-state index contributed by atoms with van der Waals surface area (Å²) >= 11 is 6.16. The zero-order chi connectivity index (χ0) is 23.7. The summed E-state index contributed by atoms with van der Waals surface area (Å²) in [6, 6.07) is 19.7. The Morgan fingerprint density at radius 3 is 2.41 bits per heavy atom. The quantitative estimate of drug-likeness (QED) is 0.374. The number of carbonyl (C=O) groups excluding carboxylic acids is 1. The molecule has 0 unspecified atom stereocenters. The lowest BCUT2D eigenvalue weighted by Crippen LogP contribution is -2.48. The van der Waals surface area contributed by atoms with Crippen molar-refractivity contribution in [1.82, 2.24) is 10.1 Å². The largest absolute Gasteiger partial charge is 0.488 e. The van der Waals surface area contributed by atoms with E-state index in [-0.39, 0.29) is 5.91 Å². The van der Waals surface area contributed by atoms with Gasteiger partial charge in [-0.05, 0) is 55.0 Å². The van der Waals surface area contributed by atoms with Crippen LogP contribution in [0.2, 0.25) is 5.02 Å². The molecule has 0 radical (unpaired) electrons. The maximum absolute atomic E-state index is 13.6. The van der Waals surface area contributed by atoms with Crippen LogP contribution in [0.3, 0.4) is 0 Å². The highest BCUT2D eigenvalue weighted by molar-refractivity contribution is 6.30. The average molecular weight is 476 g/mol. The molecular weight excluding hydrogens is 450 g/mol. The van der Waals surface area contributed by atoms with Crippen molar-refractivity contribution in [2.45, 2.75) is 20.5 Å². The van der Waals surface area contributed by atoms with Gasteiger partial charge in [0.1, 0.15) is 18.1 Å². The van der Waals surface area contributed by atoms with Crippen LogP contribution >= 0.6 is 11.6 Å². The van der Waals surface area contributed by atoms with Crippen molar-refractivity contribution in [3.8, 4) is 5.75 Å². The molecule has 0 atom stereocenters. The van der Waals surface area contributed by atoms with Crippen molar-refractivity contribution in [3.05, 3.63) is 88.3 Å². The number of fused-ring (bicyclic) bond motifs is 1. The van der Waals surface area contributed by atoms with Crippen LogP contribution in [-0.4, -0.2) is 42.1 Å². The number of amides is 1. The molecule has 5 rings (SSSR count). The number of carbonyl (C=O) groups is 1. The van der Waals surface area contributed by atoms with Gasteiger partial charge in [-0.25, -0.2) is 0 Å². The maximum Gasteiger partial charge on any atom is 0.257 e. The smallest absolute Gasteiger partial charge is 0.257 e. The second kappa shape index (κ2) is 9.39. The summed E-state index contributed by atoms with van der Waals surface area (Å²) in [6.07, 6.45) is 0. The van der Waals surface area contributed by atoms with Gasteiger partial charge >= 0.3 is 0 Å². The van der Waals surface area contributed by atoms with Crippen LogP contribution < -0.4 is 9.64 Å². The van der Waals surface area contributed by atoms with Gasteiger partial charge in [-0.3, -0.25) is 4.79 Å². The minimum Gasteiger partial charge on any atom is -0.488 e. The van der Waals surface area contributed by atoms with Gasteiger partial charge in [0.15, 0.2) is 0 Å². The van der Waals surface area contributed by atoms with Gasteiger partial charge in [0.05, 0.1) is 16.8 Å². The van der Waals surface area contributed by atoms with E-state index < -0.39 is 0 Å². The van der Waals surface area contributed by atoms with E-state index >= 15 is 0 Å². The second-order valence-electron chi connectivity index (χ2n) is 8.55. The molecule has 0 aliphatic carbocycles. The molecule has 1 aromatic heterocycles. The molecule has 1 fully saturated rings. The third-order valence-electron chi connectivity index (χ3n) is 6.37. The Labute approximate surface area is 203 Å². The summed E-state index contributed by atoms with van der Waals surface area (Å²) in [5.41, 5.74) is 3.35. The number of halogens is 1. The molecule has 1 aliphatic rings. The topological polar surface area (TPSA) is 58.8 Å². The molecule has 34 heavy (non-hydrogen) atoms. The first-order valence-corrected chi connectivity index (χ1v) is 11.7. The van der Waals surface area contributed by atoms with Crippen LogP contribution in [0.1, 0.15) is 27.4 Å². The van der Waals surface area contributed by atoms with Crippen LogP contribution in [0.25, 0.3) is 10.8 Å². The first-order chi connectivity index (χ1) is 16.5. The van der Waals surface area contributed by atoms with Crippen LogP contribution in [0.15, 0.2) is 65.2 Å². The van der Waals surface area contributed by atoms with Crippen molar-refractivity contribution < 1.29 is 14.1 Å². The Hall–Kier alpha value is -3.51. The molecule has 0 saturated carbocycles. The summed E-state index contributed by atoms with van der Waals surface area (Å²) in [7, 11) is 0. The lowest BCUT2D eigenvalue weighted by molar-refractivity contribution is 0.0742. The Kier molecular flexibility index (Phi) is 6.16. The minimum absolute atomic E-state index is 0.0229. The van der Waals surface area contributed by atoms with Gasteiger partial charge in [-0.2, -0.15) is 0 Å². The van der Waals surface area contributed by atoms with E-state index in [2.05, 4.69) is 10.1 Å². The number of aryl methyl sites for hydroxylation is 2. The predicted octanol–water partition coefficient (Wildman–Crippen LogP) is 5.64. The molecule has 1 saturated heterocycles. The number of anilines is 1. The van der Waals surface area contributed by atoms with E-state index in [1.54, 1.807) is 0 Å². The molecule has 174 valence electrons. The van der Waals surface area contributed by atoms with Crippen molar-refractivity contribution in [3.63, 3.8) is 0 Å². The normalized spacial score (nSPS) is 14.0. The van der Waals surface area contributed by atoms with E-state index in [4.69, 9.17) is 20.9 Å². The number of hydrogen-bond acceptors (Lipinski definition) is 5. The van der Waals surface area contributed by atoms with Gasteiger partial charge < -0.3 is 19.1 Å². The number of rotatable bonds is 5. The van der Waals surface area contributed by atoms with Gasteiger partial charge in [-0.1, -0.05) is 47.1 Å². The van der Waals surface area contributed by atoms with Crippen molar-refractivity contribution in [1.29, 1.82) is 0 Å². The zero-order valence-corrected chi connectivity index (χ0v) is 20.0. The van der Waals surface area contributed by atoms with Crippen molar-refractivity contribution in [2.24, 2.45) is 0 Å². The fourth-order valence-electron chi connectivity index (χ4n) is 4.37. The maximum atomic E-state index is 13.6. The fraction of sp³-hybridized carbons (Fsp3) is 0.259. The van der Waals surface area contributed by atoms with Gasteiger partial charge in [0, 0.05) is 36.9 Å². The number of ether oxygens (including phenoxy) is 1. The lowest BCUT2D eigenvalue weighted by atomic mass is 10.0. The van der Waals surface area contributed by atoms with Crippen LogP contribution in [0, 0.1) is 13.8 Å². The predicted molar refractivity (Wildman–Crippen MR) is 134 cm³/mol. The van der Waals surface area contributed by atoms with Crippen LogP contribution in [-0.2, 0) is 6.61 Å². The SMILES string of the molecule is Cc1noc(C)c1COc1cc2ccccc2cc1C(=O)N1CCN(c2cccc(Cl)c2)CC1. The Bertz CT molecular complexity index is 1320. The number of nitrogens with zero attached hydrogens (tertiary/aromatic N) is 3. The number of benzene rings is 3. The first-order valence-electron chi connectivity index (χ1n) is 11.4. The van der Waals surface area contributed by atoms with Gasteiger partial charge in [-0.15, -0.1) is 0 Å². The Balaban J connectivity index is 1.38. The zero-order valence-electron chi connectivity index (χ0n) is 19.3.